The lowest BCUT2D eigenvalue weighted by Crippen LogP contribution is -2.10. The molecule has 4 nitrogen and oxygen atoms in total. The molecule has 0 radical (unpaired) electrons. The second-order valence-electron chi connectivity index (χ2n) is 4.15. The van der Waals surface area contributed by atoms with Crippen LogP contribution in [-0.2, 0) is 4.74 Å². The van der Waals surface area contributed by atoms with Gasteiger partial charge in [0.2, 0.25) is 0 Å². The summed E-state index contributed by atoms with van der Waals surface area (Å²) in [6.45, 7) is 5.80. The monoisotopic (exact) mass is 238 g/mol. The molecule has 0 amide bonds. The molecule has 0 aliphatic heterocycles. The first-order chi connectivity index (χ1) is 8.09. The molecule has 0 saturated heterocycles. The molecule has 0 spiro atoms. The average molecular weight is 238 g/mol. The summed E-state index contributed by atoms with van der Waals surface area (Å²) in [6.07, 6.45) is 0. The Bertz CT molecular complexity index is 360. The van der Waals surface area contributed by atoms with E-state index >= 15 is 0 Å². The van der Waals surface area contributed by atoms with Crippen LogP contribution in [0, 0.1) is 5.92 Å². The molecule has 0 aliphatic carbocycles. The van der Waals surface area contributed by atoms with Crippen LogP contribution in [0.25, 0.3) is 0 Å². The van der Waals surface area contributed by atoms with Crippen molar-refractivity contribution < 1.29 is 19.4 Å². The molecule has 4 heteroatoms. The van der Waals surface area contributed by atoms with E-state index in [-0.39, 0.29) is 5.56 Å². The third-order valence-electron chi connectivity index (χ3n) is 2.03. The molecule has 1 aromatic carbocycles. The van der Waals surface area contributed by atoms with Gasteiger partial charge in [0.1, 0.15) is 12.4 Å². The van der Waals surface area contributed by atoms with Crippen molar-refractivity contribution >= 4 is 5.97 Å². The minimum atomic E-state index is -0.952. The molecule has 94 valence electrons. The van der Waals surface area contributed by atoms with Gasteiger partial charge in [-0.1, -0.05) is 19.9 Å². The van der Waals surface area contributed by atoms with E-state index < -0.39 is 5.97 Å². The summed E-state index contributed by atoms with van der Waals surface area (Å²) in [5.41, 5.74) is 0.227. The van der Waals surface area contributed by atoms with Crippen molar-refractivity contribution in [3.05, 3.63) is 29.8 Å². The van der Waals surface area contributed by atoms with Crippen LogP contribution in [0.2, 0.25) is 0 Å². The summed E-state index contributed by atoms with van der Waals surface area (Å²) in [4.78, 5) is 10.7. The maximum Gasteiger partial charge on any atom is 0.335 e. The van der Waals surface area contributed by atoms with Gasteiger partial charge in [-0.3, -0.25) is 0 Å². The Labute approximate surface area is 101 Å². The van der Waals surface area contributed by atoms with Crippen molar-refractivity contribution in [2.45, 2.75) is 13.8 Å². The molecule has 1 N–H and O–H groups in total. The topological polar surface area (TPSA) is 55.8 Å². The lowest BCUT2D eigenvalue weighted by molar-refractivity contribution is 0.0695. The number of carboxylic acids is 1. The van der Waals surface area contributed by atoms with Crippen molar-refractivity contribution in [1.82, 2.24) is 0 Å². The number of ether oxygens (including phenoxy) is 2. The van der Waals surface area contributed by atoms with E-state index in [9.17, 15) is 4.79 Å². The predicted octanol–water partition coefficient (Wildman–Crippen LogP) is 2.44. The Morgan fingerprint density at radius 2 is 2.12 bits per heavy atom. The van der Waals surface area contributed by atoms with E-state index in [1.165, 1.54) is 12.1 Å². The standard InChI is InChI=1S/C13H18O4/c1-10(2)9-16-6-7-17-12-5-3-4-11(8-12)13(14)15/h3-5,8,10H,6-7,9H2,1-2H3,(H,14,15). The highest BCUT2D eigenvalue weighted by atomic mass is 16.5. The van der Waals surface area contributed by atoms with Gasteiger partial charge in [0.05, 0.1) is 12.2 Å². The molecule has 0 fully saturated rings. The van der Waals surface area contributed by atoms with E-state index in [1.807, 2.05) is 0 Å². The van der Waals surface area contributed by atoms with Crippen LogP contribution in [0.1, 0.15) is 24.2 Å². The quantitative estimate of drug-likeness (QED) is 0.741. The number of carbonyl (C=O) groups is 1. The molecule has 0 atom stereocenters. The smallest absolute Gasteiger partial charge is 0.335 e. The van der Waals surface area contributed by atoms with Gasteiger partial charge in [-0.15, -0.1) is 0 Å². The van der Waals surface area contributed by atoms with Gasteiger partial charge in [-0.2, -0.15) is 0 Å². The van der Waals surface area contributed by atoms with Crippen LogP contribution in [0.5, 0.6) is 5.75 Å². The van der Waals surface area contributed by atoms with E-state index in [0.717, 1.165) is 0 Å². The third kappa shape index (κ3) is 5.36. The molecule has 0 aliphatic rings. The lowest BCUT2D eigenvalue weighted by atomic mass is 10.2. The summed E-state index contributed by atoms with van der Waals surface area (Å²) in [5.74, 6) is 0.106. The Hall–Kier alpha value is -1.55. The minimum Gasteiger partial charge on any atom is -0.491 e. The number of aromatic carboxylic acids is 1. The largest absolute Gasteiger partial charge is 0.491 e. The maximum absolute atomic E-state index is 10.7. The fourth-order valence-corrected chi connectivity index (χ4v) is 1.26. The minimum absolute atomic E-state index is 0.227. The second-order valence-corrected chi connectivity index (χ2v) is 4.15. The predicted molar refractivity (Wildman–Crippen MR) is 64.6 cm³/mol. The summed E-state index contributed by atoms with van der Waals surface area (Å²) in [7, 11) is 0. The Morgan fingerprint density at radius 1 is 1.35 bits per heavy atom. The first-order valence-electron chi connectivity index (χ1n) is 5.63. The molecule has 0 unspecified atom stereocenters. The van der Waals surface area contributed by atoms with E-state index in [1.54, 1.807) is 12.1 Å². The second kappa shape index (κ2) is 6.91. The molecule has 0 aromatic heterocycles. The zero-order valence-electron chi connectivity index (χ0n) is 10.2. The number of benzene rings is 1. The zero-order chi connectivity index (χ0) is 12.7. The van der Waals surface area contributed by atoms with E-state index in [4.69, 9.17) is 14.6 Å². The van der Waals surface area contributed by atoms with Crippen LogP contribution < -0.4 is 4.74 Å². The van der Waals surface area contributed by atoms with E-state index in [0.29, 0.717) is 31.5 Å². The Kier molecular flexibility index (Phi) is 5.49. The highest BCUT2D eigenvalue weighted by molar-refractivity contribution is 5.87. The van der Waals surface area contributed by atoms with Gasteiger partial charge in [-0.05, 0) is 24.1 Å². The zero-order valence-corrected chi connectivity index (χ0v) is 10.2. The van der Waals surface area contributed by atoms with Crippen LogP contribution >= 0.6 is 0 Å². The molecule has 1 rings (SSSR count). The maximum atomic E-state index is 10.7. The third-order valence-corrected chi connectivity index (χ3v) is 2.03. The molecule has 1 aromatic rings. The highest BCUT2D eigenvalue weighted by Crippen LogP contribution is 2.13. The van der Waals surface area contributed by atoms with Crippen LogP contribution in [-0.4, -0.2) is 30.9 Å². The fraction of sp³-hybridized carbons (Fsp3) is 0.462. The summed E-state index contributed by atoms with van der Waals surface area (Å²) >= 11 is 0. The first-order valence-corrected chi connectivity index (χ1v) is 5.63. The van der Waals surface area contributed by atoms with E-state index in [2.05, 4.69) is 13.8 Å². The SMILES string of the molecule is CC(C)COCCOc1cccc(C(=O)O)c1. The number of hydrogen-bond acceptors (Lipinski definition) is 3. The number of carboxylic acid groups (broad SMARTS) is 1. The summed E-state index contributed by atoms with van der Waals surface area (Å²) < 4.78 is 10.7. The summed E-state index contributed by atoms with van der Waals surface area (Å²) in [6, 6.07) is 6.43. The summed E-state index contributed by atoms with van der Waals surface area (Å²) in [5, 5.41) is 8.80. The normalized spacial score (nSPS) is 10.5. The highest BCUT2D eigenvalue weighted by Gasteiger charge is 2.03. The number of rotatable bonds is 7. The molecule has 0 saturated carbocycles. The van der Waals surface area contributed by atoms with Crippen LogP contribution in [0.4, 0.5) is 0 Å². The van der Waals surface area contributed by atoms with Crippen molar-refractivity contribution in [3.8, 4) is 5.75 Å². The Morgan fingerprint density at radius 3 is 2.76 bits per heavy atom. The van der Waals surface area contributed by atoms with Crippen LogP contribution in [0.3, 0.4) is 0 Å². The first kappa shape index (κ1) is 13.5. The Balaban J connectivity index is 2.31. The average Bonchev–Trinajstić information content (AvgIpc) is 2.28. The molecule has 17 heavy (non-hydrogen) atoms. The lowest BCUT2D eigenvalue weighted by Gasteiger charge is -2.09. The molecule has 0 bridgehead atoms. The molecular formula is C13H18O4. The van der Waals surface area contributed by atoms with Gasteiger partial charge in [-0.25, -0.2) is 4.79 Å². The van der Waals surface area contributed by atoms with Gasteiger partial charge in [0.15, 0.2) is 0 Å². The van der Waals surface area contributed by atoms with Crippen molar-refractivity contribution in [2.75, 3.05) is 19.8 Å². The van der Waals surface area contributed by atoms with Gasteiger partial charge < -0.3 is 14.6 Å². The van der Waals surface area contributed by atoms with Gasteiger partial charge in [0, 0.05) is 6.61 Å². The van der Waals surface area contributed by atoms with Crippen molar-refractivity contribution in [1.29, 1.82) is 0 Å². The fourth-order valence-electron chi connectivity index (χ4n) is 1.26. The van der Waals surface area contributed by atoms with Crippen LogP contribution in [0.15, 0.2) is 24.3 Å². The van der Waals surface area contributed by atoms with Crippen molar-refractivity contribution in [3.63, 3.8) is 0 Å². The number of hydrogen-bond donors (Lipinski definition) is 1. The molecular weight excluding hydrogens is 220 g/mol. The van der Waals surface area contributed by atoms with Crippen molar-refractivity contribution in [2.24, 2.45) is 5.92 Å². The van der Waals surface area contributed by atoms with Gasteiger partial charge >= 0.3 is 5.97 Å². The van der Waals surface area contributed by atoms with Gasteiger partial charge in [0.25, 0.3) is 0 Å². The molecule has 0 heterocycles.